The fraction of sp³-hybridized carbons (Fsp3) is 0.600. The Morgan fingerprint density at radius 1 is 1.39 bits per heavy atom. The quantitative estimate of drug-likeness (QED) is 0.905. The highest BCUT2D eigenvalue weighted by Gasteiger charge is 2.19. The number of nitrogens with one attached hydrogen (secondary N) is 1. The lowest BCUT2D eigenvalue weighted by Gasteiger charge is -2.21. The summed E-state index contributed by atoms with van der Waals surface area (Å²) in [5, 5.41) is 11.2. The number of rotatable bonds is 5. The van der Waals surface area contributed by atoms with Gasteiger partial charge in [-0.15, -0.1) is 0 Å². The number of carbonyl (C=O) groups is 1. The molecule has 0 aliphatic heterocycles. The number of aryl methyl sites for hydroxylation is 3. The molecule has 0 radical (unpaired) electrons. The molecule has 2 heterocycles. The van der Waals surface area contributed by atoms with E-state index in [-0.39, 0.29) is 12.1 Å². The minimum Gasteiger partial charge on any atom is -0.340 e. The van der Waals surface area contributed by atoms with E-state index in [0.29, 0.717) is 24.7 Å². The molecular formula is C15H24N6O2. The molecule has 2 aromatic heterocycles. The van der Waals surface area contributed by atoms with E-state index in [1.807, 2.05) is 32.5 Å². The average Bonchev–Trinajstić information content (AvgIpc) is 3.00. The second kappa shape index (κ2) is 6.80. The van der Waals surface area contributed by atoms with Gasteiger partial charge in [0.1, 0.15) is 0 Å². The maximum Gasteiger partial charge on any atom is 0.317 e. The van der Waals surface area contributed by atoms with Crippen molar-refractivity contribution in [2.45, 2.75) is 40.2 Å². The molecule has 0 aliphatic rings. The van der Waals surface area contributed by atoms with E-state index < -0.39 is 0 Å². The Balaban J connectivity index is 1.92. The van der Waals surface area contributed by atoms with Crippen molar-refractivity contribution < 1.29 is 9.32 Å². The smallest absolute Gasteiger partial charge is 0.317 e. The maximum atomic E-state index is 12.3. The van der Waals surface area contributed by atoms with Gasteiger partial charge < -0.3 is 14.7 Å². The summed E-state index contributed by atoms with van der Waals surface area (Å²) in [4.78, 5) is 18.0. The van der Waals surface area contributed by atoms with Crippen molar-refractivity contribution >= 4 is 6.03 Å². The third kappa shape index (κ3) is 3.88. The highest BCUT2D eigenvalue weighted by atomic mass is 16.5. The molecule has 126 valence electrons. The molecule has 0 saturated heterocycles. The third-order valence-electron chi connectivity index (χ3n) is 3.93. The normalized spacial score (nSPS) is 12.3. The molecule has 0 saturated carbocycles. The van der Waals surface area contributed by atoms with E-state index in [1.54, 1.807) is 18.9 Å². The van der Waals surface area contributed by atoms with Gasteiger partial charge in [0.2, 0.25) is 5.89 Å². The molecule has 0 aromatic carbocycles. The lowest BCUT2D eigenvalue weighted by Crippen LogP contribution is -2.39. The maximum absolute atomic E-state index is 12.3. The third-order valence-corrected chi connectivity index (χ3v) is 3.93. The fourth-order valence-corrected chi connectivity index (χ4v) is 2.60. The van der Waals surface area contributed by atoms with E-state index in [1.165, 1.54) is 0 Å². The molecule has 0 fully saturated rings. The Labute approximate surface area is 135 Å². The number of likely N-dealkylation sites (N-methyl/N-ethyl adjacent to an activating group) is 1. The number of aromatic nitrogens is 4. The summed E-state index contributed by atoms with van der Waals surface area (Å²) in [6.07, 6.45) is 0.556. The Kier molecular flexibility index (Phi) is 5.02. The molecular weight excluding hydrogens is 296 g/mol. The number of nitrogens with zero attached hydrogens (tertiary/aromatic N) is 5. The Bertz CT molecular complexity index is 690. The van der Waals surface area contributed by atoms with Crippen LogP contribution < -0.4 is 5.32 Å². The van der Waals surface area contributed by atoms with Gasteiger partial charge in [-0.1, -0.05) is 5.16 Å². The predicted molar refractivity (Wildman–Crippen MR) is 85.0 cm³/mol. The van der Waals surface area contributed by atoms with Crippen LogP contribution in [-0.2, 0) is 13.5 Å². The molecule has 2 aromatic rings. The second-order valence-corrected chi connectivity index (χ2v) is 5.78. The van der Waals surface area contributed by atoms with Crippen LogP contribution in [0.25, 0.3) is 0 Å². The van der Waals surface area contributed by atoms with Crippen LogP contribution in [0.2, 0.25) is 0 Å². The SMILES string of the molecule is Cc1nc(CCN(C)C(=O)NC(C)c2c(C)nn(C)c2C)no1. The molecule has 2 rings (SSSR count). The number of hydrogen-bond donors (Lipinski definition) is 1. The van der Waals surface area contributed by atoms with Crippen molar-refractivity contribution in [1.29, 1.82) is 0 Å². The summed E-state index contributed by atoms with van der Waals surface area (Å²) in [5.74, 6) is 1.14. The Hall–Kier alpha value is -2.38. The summed E-state index contributed by atoms with van der Waals surface area (Å²) in [6.45, 7) is 8.18. The van der Waals surface area contributed by atoms with Gasteiger partial charge in [-0.3, -0.25) is 4.68 Å². The van der Waals surface area contributed by atoms with E-state index in [9.17, 15) is 4.79 Å². The van der Waals surface area contributed by atoms with Gasteiger partial charge in [0.05, 0.1) is 11.7 Å². The first-order valence-electron chi connectivity index (χ1n) is 7.60. The summed E-state index contributed by atoms with van der Waals surface area (Å²) in [6, 6.07) is -0.244. The fourth-order valence-electron chi connectivity index (χ4n) is 2.60. The number of hydrogen-bond acceptors (Lipinski definition) is 5. The molecule has 23 heavy (non-hydrogen) atoms. The van der Waals surface area contributed by atoms with Crippen molar-refractivity contribution in [1.82, 2.24) is 30.1 Å². The van der Waals surface area contributed by atoms with E-state index in [0.717, 1.165) is 17.0 Å². The van der Waals surface area contributed by atoms with E-state index >= 15 is 0 Å². The minimum absolute atomic E-state index is 0.105. The first-order chi connectivity index (χ1) is 10.8. The molecule has 0 spiro atoms. The van der Waals surface area contributed by atoms with Gasteiger partial charge in [-0.25, -0.2) is 4.79 Å². The molecule has 8 heteroatoms. The van der Waals surface area contributed by atoms with Crippen LogP contribution in [0.3, 0.4) is 0 Å². The van der Waals surface area contributed by atoms with Gasteiger partial charge in [-0.2, -0.15) is 10.1 Å². The first kappa shape index (κ1) is 17.0. The van der Waals surface area contributed by atoms with Crippen LogP contribution >= 0.6 is 0 Å². The summed E-state index contributed by atoms with van der Waals surface area (Å²) in [7, 11) is 3.65. The highest BCUT2D eigenvalue weighted by molar-refractivity contribution is 5.74. The molecule has 1 N–H and O–H groups in total. The lowest BCUT2D eigenvalue weighted by molar-refractivity contribution is 0.205. The molecule has 8 nitrogen and oxygen atoms in total. The average molecular weight is 320 g/mol. The Morgan fingerprint density at radius 2 is 2.09 bits per heavy atom. The van der Waals surface area contributed by atoms with Crippen molar-refractivity contribution in [3.8, 4) is 0 Å². The largest absolute Gasteiger partial charge is 0.340 e. The number of urea groups is 1. The minimum atomic E-state index is -0.139. The monoisotopic (exact) mass is 320 g/mol. The predicted octanol–water partition coefficient (Wildman–Crippen LogP) is 1.67. The lowest BCUT2D eigenvalue weighted by atomic mass is 10.1. The zero-order valence-corrected chi connectivity index (χ0v) is 14.5. The molecule has 0 bridgehead atoms. The molecule has 1 atom stereocenters. The zero-order chi connectivity index (χ0) is 17.1. The summed E-state index contributed by atoms with van der Waals surface area (Å²) < 4.78 is 6.75. The topological polar surface area (TPSA) is 89.1 Å². The van der Waals surface area contributed by atoms with Crippen molar-refractivity contribution in [2.75, 3.05) is 13.6 Å². The zero-order valence-electron chi connectivity index (χ0n) is 14.5. The van der Waals surface area contributed by atoms with Crippen LogP contribution in [0, 0.1) is 20.8 Å². The second-order valence-electron chi connectivity index (χ2n) is 5.78. The van der Waals surface area contributed by atoms with Crippen LogP contribution in [-0.4, -0.2) is 44.4 Å². The van der Waals surface area contributed by atoms with Crippen molar-refractivity contribution in [2.24, 2.45) is 7.05 Å². The van der Waals surface area contributed by atoms with E-state index in [4.69, 9.17) is 4.52 Å². The molecule has 1 unspecified atom stereocenters. The molecule has 0 aliphatic carbocycles. The van der Waals surface area contributed by atoms with Crippen LogP contribution in [0.5, 0.6) is 0 Å². The molecule has 2 amide bonds. The van der Waals surface area contributed by atoms with Crippen molar-refractivity contribution in [3.05, 3.63) is 28.7 Å². The number of amides is 2. The first-order valence-corrected chi connectivity index (χ1v) is 7.60. The van der Waals surface area contributed by atoms with E-state index in [2.05, 4.69) is 20.6 Å². The summed E-state index contributed by atoms with van der Waals surface area (Å²) >= 11 is 0. The van der Waals surface area contributed by atoms with Crippen molar-refractivity contribution in [3.63, 3.8) is 0 Å². The van der Waals surface area contributed by atoms with Gasteiger partial charge in [0.15, 0.2) is 5.82 Å². The summed E-state index contributed by atoms with van der Waals surface area (Å²) in [5.41, 5.74) is 3.05. The standard InChI is InChI=1S/C15H24N6O2/c1-9(14-10(2)18-21(6)11(14)3)16-15(22)20(5)8-7-13-17-12(4)23-19-13/h9H,7-8H2,1-6H3,(H,16,22). The Morgan fingerprint density at radius 3 is 2.61 bits per heavy atom. The van der Waals surface area contributed by atoms with Crippen LogP contribution in [0.15, 0.2) is 4.52 Å². The van der Waals surface area contributed by atoms with Gasteiger partial charge in [0, 0.05) is 45.2 Å². The van der Waals surface area contributed by atoms with Gasteiger partial charge in [-0.05, 0) is 20.8 Å². The van der Waals surface area contributed by atoms with Gasteiger partial charge >= 0.3 is 6.03 Å². The van der Waals surface area contributed by atoms with Gasteiger partial charge in [0.25, 0.3) is 0 Å². The van der Waals surface area contributed by atoms with Crippen LogP contribution in [0.4, 0.5) is 4.79 Å². The highest BCUT2D eigenvalue weighted by Crippen LogP contribution is 2.20. The number of carbonyl (C=O) groups excluding carboxylic acids is 1. The van der Waals surface area contributed by atoms with Crippen LogP contribution in [0.1, 0.15) is 41.6 Å².